The maximum atomic E-state index is 8.75. The van der Waals surface area contributed by atoms with Crippen molar-refractivity contribution in [2.75, 3.05) is 0 Å². The normalized spacial score (nSPS) is 23.4. The van der Waals surface area contributed by atoms with Crippen LogP contribution in [-0.2, 0) is 0 Å². The van der Waals surface area contributed by atoms with Crippen LogP contribution in [0.4, 0.5) is 0 Å². The first-order chi connectivity index (χ1) is 9.28. The second-order valence-corrected chi connectivity index (χ2v) is 5.55. The molecule has 0 bridgehead atoms. The minimum Gasteiger partial charge on any atom is -0.312 e. The molecule has 2 heterocycles. The Morgan fingerprint density at radius 1 is 1.32 bits per heavy atom. The Labute approximate surface area is 117 Å². The smallest absolute Gasteiger partial charge is 0.161 e. The first-order valence-electron chi connectivity index (χ1n) is 6.64. The third kappa shape index (κ3) is 2.43. The van der Waals surface area contributed by atoms with Gasteiger partial charge in [0.1, 0.15) is 10.7 Å². The summed E-state index contributed by atoms with van der Waals surface area (Å²) in [5, 5.41) is 9.26. The molecule has 0 saturated heterocycles. The Morgan fingerprint density at radius 3 is 2.84 bits per heavy atom. The maximum Gasteiger partial charge on any atom is 0.161 e. The molecular weight excluding hydrogens is 260 g/mol. The maximum absolute atomic E-state index is 8.75. The van der Waals surface area contributed by atoms with E-state index in [9.17, 15) is 0 Å². The monoisotopic (exact) mass is 274 g/mol. The molecule has 0 unspecified atom stereocenters. The minimum absolute atomic E-state index is 0.436. The third-order valence-corrected chi connectivity index (χ3v) is 4.19. The highest BCUT2D eigenvalue weighted by Gasteiger charge is 2.23. The Morgan fingerprint density at radius 2 is 2.11 bits per heavy atom. The van der Waals surface area contributed by atoms with Crippen LogP contribution >= 0.6 is 11.6 Å². The molecule has 1 aliphatic carbocycles. The highest BCUT2D eigenvalue weighted by Crippen LogP contribution is 2.35. The summed E-state index contributed by atoms with van der Waals surface area (Å²) in [6.45, 7) is 0. The molecule has 1 saturated carbocycles. The molecule has 2 aromatic heterocycles. The van der Waals surface area contributed by atoms with Crippen LogP contribution in [-0.4, -0.2) is 14.5 Å². The molecule has 98 valence electrons. The molecule has 5 heteroatoms. The summed E-state index contributed by atoms with van der Waals surface area (Å²) in [6.07, 6.45) is 6.94. The molecular formula is C14H15ClN4. The molecule has 0 atom stereocenters. The van der Waals surface area contributed by atoms with Crippen molar-refractivity contribution in [3.63, 3.8) is 0 Å². The van der Waals surface area contributed by atoms with Crippen molar-refractivity contribution in [1.82, 2.24) is 14.5 Å². The lowest BCUT2D eigenvalue weighted by molar-refractivity contribution is 0.280. The zero-order valence-electron chi connectivity index (χ0n) is 10.6. The topological polar surface area (TPSA) is 54.5 Å². The average molecular weight is 275 g/mol. The molecule has 0 N–H and O–H groups in total. The number of rotatable bonds is 2. The number of fused-ring (bicyclic) bond motifs is 1. The summed E-state index contributed by atoms with van der Waals surface area (Å²) in [5.41, 5.74) is 1.76. The second kappa shape index (κ2) is 5.18. The molecule has 0 aliphatic heterocycles. The molecule has 0 aromatic carbocycles. The SMILES string of the molecule is N#CC[C@H]1CC[C@H](n2cnc3ccc(Cl)nc32)CC1. The van der Waals surface area contributed by atoms with Crippen LogP contribution in [0.15, 0.2) is 18.5 Å². The number of hydrogen-bond acceptors (Lipinski definition) is 3. The number of hydrogen-bond donors (Lipinski definition) is 0. The predicted molar refractivity (Wildman–Crippen MR) is 73.8 cm³/mol. The van der Waals surface area contributed by atoms with Gasteiger partial charge in [0.05, 0.1) is 12.4 Å². The molecule has 19 heavy (non-hydrogen) atoms. The Bertz CT molecular complexity index is 620. The second-order valence-electron chi connectivity index (χ2n) is 5.17. The van der Waals surface area contributed by atoms with Crippen molar-refractivity contribution >= 4 is 22.8 Å². The fraction of sp³-hybridized carbons (Fsp3) is 0.500. The highest BCUT2D eigenvalue weighted by molar-refractivity contribution is 6.29. The molecule has 2 aromatic rings. The largest absolute Gasteiger partial charge is 0.312 e. The average Bonchev–Trinajstić information content (AvgIpc) is 2.83. The van der Waals surface area contributed by atoms with Gasteiger partial charge in [-0.2, -0.15) is 5.26 Å². The molecule has 4 nitrogen and oxygen atoms in total. The number of nitriles is 1. The zero-order chi connectivity index (χ0) is 13.2. The number of halogens is 1. The van der Waals surface area contributed by atoms with Gasteiger partial charge in [0, 0.05) is 12.5 Å². The lowest BCUT2D eigenvalue weighted by Crippen LogP contribution is -2.17. The Kier molecular flexibility index (Phi) is 3.39. The van der Waals surface area contributed by atoms with Gasteiger partial charge in [-0.3, -0.25) is 0 Å². The Balaban J connectivity index is 1.82. The summed E-state index contributed by atoms with van der Waals surface area (Å²) < 4.78 is 2.14. The molecule has 0 radical (unpaired) electrons. The van der Waals surface area contributed by atoms with Crippen molar-refractivity contribution in [3.05, 3.63) is 23.6 Å². The van der Waals surface area contributed by atoms with Gasteiger partial charge in [0.15, 0.2) is 5.65 Å². The van der Waals surface area contributed by atoms with Crippen LogP contribution in [0.3, 0.4) is 0 Å². The summed E-state index contributed by atoms with van der Waals surface area (Å²) >= 11 is 5.96. The van der Waals surface area contributed by atoms with E-state index in [0.29, 0.717) is 23.5 Å². The van der Waals surface area contributed by atoms with Gasteiger partial charge in [-0.15, -0.1) is 0 Å². The van der Waals surface area contributed by atoms with Crippen LogP contribution in [0, 0.1) is 17.2 Å². The number of aromatic nitrogens is 3. The van der Waals surface area contributed by atoms with Gasteiger partial charge in [-0.1, -0.05) is 11.6 Å². The van der Waals surface area contributed by atoms with E-state index in [4.69, 9.17) is 16.9 Å². The van der Waals surface area contributed by atoms with Crippen molar-refractivity contribution in [3.8, 4) is 6.07 Å². The first kappa shape index (κ1) is 12.4. The highest BCUT2D eigenvalue weighted by atomic mass is 35.5. The van der Waals surface area contributed by atoms with Crippen molar-refractivity contribution < 1.29 is 0 Å². The summed E-state index contributed by atoms with van der Waals surface area (Å²) in [5.74, 6) is 0.563. The zero-order valence-corrected chi connectivity index (χ0v) is 11.3. The number of pyridine rings is 1. The molecule has 1 fully saturated rings. The van der Waals surface area contributed by atoms with E-state index in [1.807, 2.05) is 12.4 Å². The quantitative estimate of drug-likeness (QED) is 0.784. The van der Waals surface area contributed by atoms with Crippen LogP contribution in [0.2, 0.25) is 5.15 Å². The van der Waals surface area contributed by atoms with E-state index >= 15 is 0 Å². The van der Waals surface area contributed by atoms with Crippen molar-refractivity contribution in [1.29, 1.82) is 5.26 Å². The van der Waals surface area contributed by atoms with Crippen LogP contribution in [0.5, 0.6) is 0 Å². The third-order valence-electron chi connectivity index (χ3n) is 3.98. The van der Waals surface area contributed by atoms with E-state index in [0.717, 1.165) is 36.8 Å². The van der Waals surface area contributed by atoms with Gasteiger partial charge >= 0.3 is 0 Å². The van der Waals surface area contributed by atoms with Crippen LogP contribution in [0.25, 0.3) is 11.2 Å². The van der Waals surface area contributed by atoms with E-state index in [-0.39, 0.29) is 0 Å². The van der Waals surface area contributed by atoms with Gasteiger partial charge in [0.2, 0.25) is 0 Å². The van der Waals surface area contributed by atoms with E-state index in [2.05, 4.69) is 20.6 Å². The van der Waals surface area contributed by atoms with E-state index in [1.165, 1.54) is 0 Å². The molecule has 3 rings (SSSR count). The predicted octanol–water partition coefficient (Wildman–Crippen LogP) is 3.73. The standard InChI is InChI=1S/C14H15ClN4/c15-13-6-5-12-14(18-13)19(9-17-12)11-3-1-10(2-4-11)7-8-16/h5-6,9-11H,1-4,7H2/t10-,11-. The fourth-order valence-corrected chi connectivity index (χ4v) is 3.05. The molecule has 0 amide bonds. The lowest BCUT2D eigenvalue weighted by Gasteiger charge is -2.28. The minimum atomic E-state index is 0.436. The number of imidazole rings is 1. The van der Waals surface area contributed by atoms with Crippen molar-refractivity contribution in [2.45, 2.75) is 38.1 Å². The first-order valence-corrected chi connectivity index (χ1v) is 7.02. The summed E-state index contributed by atoms with van der Waals surface area (Å²) in [7, 11) is 0. The van der Waals surface area contributed by atoms with Crippen LogP contribution < -0.4 is 0 Å². The van der Waals surface area contributed by atoms with Gasteiger partial charge in [0.25, 0.3) is 0 Å². The molecule has 1 aliphatic rings. The summed E-state index contributed by atoms with van der Waals surface area (Å²) in [4.78, 5) is 8.76. The van der Waals surface area contributed by atoms with Crippen LogP contribution in [0.1, 0.15) is 38.1 Å². The number of nitrogens with zero attached hydrogens (tertiary/aromatic N) is 4. The van der Waals surface area contributed by atoms with E-state index in [1.54, 1.807) is 6.07 Å². The fourth-order valence-electron chi connectivity index (χ4n) is 2.91. The Hall–Kier alpha value is -1.60. The van der Waals surface area contributed by atoms with Gasteiger partial charge < -0.3 is 4.57 Å². The van der Waals surface area contributed by atoms with Gasteiger partial charge in [-0.05, 0) is 43.7 Å². The van der Waals surface area contributed by atoms with Gasteiger partial charge in [-0.25, -0.2) is 9.97 Å². The summed E-state index contributed by atoms with van der Waals surface area (Å²) in [6, 6.07) is 6.39. The van der Waals surface area contributed by atoms with E-state index < -0.39 is 0 Å². The molecule has 0 spiro atoms. The van der Waals surface area contributed by atoms with Crippen molar-refractivity contribution in [2.24, 2.45) is 5.92 Å². The lowest BCUT2D eigenvalue weighted by atomic mass is 9.84.